The zero-order chi connectivity index (χ0) is 15.4. The van der Waals surface area contributed by atoms with E-state index in [-0.39, 0.29) is 23.7 Å². The predicted octanol–water partition coefficient (Wildman–Crippen LogP) is 3.49. The summed E-state index contributed by atoms with van der Waals surface area (Å²) in [6.45, 7) is 2.34. The van der Waals surface area contributed by atoms with Crippen molar-refractivity contribution in [2.45, 2.75) is 25.6 Å². The van der Waals surface area contributed by atoms with Crippen molar-refractivity contribution in [1.29, 1.82) is 0 Å². The molecule has 2 nitrogen and oxygen atoms in total. The van der Waals surface area contributed by atoms with Gasteiger partial charge in [-0.05, 0) is 37.7 Å². The van der Waals surface area contributed by atoms with E-state index >= 15 is 0 Å². The molecule has 0 amide bonds. The number of halogens is 2. The first-order valence-electron chi connectivity index (χ1n) is 6.93. The molecule has 0 aliphatic rings. The van der Waals surface area contributed by atoms with E-state index in [2.05, 4.69) is 0 Å². The molecular weight excluding hydrogens is 270 g/mol. The Balaban J connectivity index is 2.24. The van der Waals surface area contributed by atoms with Crippen LogP contribution in [0, 0.1) is 11.6 Å². The standard InChI is InChI=1S/C17H20F2N2/c1-12(20)17(15-8-3-4-9-16(15)19)21(2)11-13-6-5-7-14(18)10-13/h3-10,12,17H,11,20H2,1-2H3. The Hall–Kier alpha value is -1.78. The summed E-state index contributed by atoms with van der Waals surface area (Å²) in [4.78, 5) is 1.94. The number of benzene rings is 2. The van der Waals surface area contributed by atoms with Crippen molar-refractivity contribution in [3.05, 3.63) is 71.3 Å². The summed E-state index contributed by atoms with van der Waals surface area (Å²) in [5, 5.41) is 0. The van der Waals surface area contributed by atoms with Crippen LogP contribution in [0.4, 0.5) is 8.78 Å². The Morgan fingerprint density at radius 1 is 1.10 bits per heavy atom. The summed E-state index contributed by atoms with van der Waals surface area (Å²) in [6, 6.07) is 12.5. The van der Waals surface area contributed by atoms with Crippen LogP contribution in [0.25, 0.3) is 0 Å². The van der Waals surface area contributed by atoms with Gasteiger partial charge in [-0.15, -0.1) is 0 Å². The quantitative estimate of drug-likeness (QED) is 0.913. The van der Waals surface area contributed by atoms with Crippen LogP contribution in [0.2, 0.25) is 0 Å². The molecule has 0 spiro atoms. The van der Waals surface area contributed by atoms with Gasteiger partial charge in [-0.3, -0.25) is 4.90 Å². The molecule has 0 aliphatic carbocycles. The van der Waals surface area contributed by atoms with E-state index in [4.69, 9.17) is 5.73 Å². The predicted molar refractivity (Wildman–Crippen MR) is 80.7 cm³/mol. The number of rotatable bonds is 5. The van der Waals surface area contributed by atoms with Crippen LogP contribution in [0.15, 0.2) is 48.5 Å². The summed E-state index contributed by atoms with van der Waals surface area (Å²) in [5.74, 6) is -0.546. The second-order valence-corrected chi connectivity index (χ2v) is 5.37. The Morgan fingerprint density at radius 2 is 1.81 bits per heavy atom. The molecule has 2 aromatic carbocycles. The summed E-state index contributed by atoms with van der Waals surface area (Å²) in [5.41, 5.74) is 7.43. The number of hydrogen-bond acceptors (Lipinski definition) is 2. The van der Waals surface area contributed by atoms with Crippen molar-refractivity contribution in [1.82, 2.24) is 4.90 Å². The SMILES string of the molecule is CC(N)C(c1ccccc1F)N(C)Cc1cccc(F)c1. The van der Waals surface area contributed by atoms with Crippen LogP contribution >= 0.6 is 0 Å². The first kappa shape index (κ1) is 15.6. The molecule has 112 valence electrons. The molecular formula is C17H20F2N2. The molecule has 0 bridgehead atoms. The smallest absolute Gasteiger partial charge is 0.128 e. The van der Waals surface area contributed by atoms with Crippen molar-refractivity contribution in [2.75, 3.05) is 7.05 Å². The van der Waals surface area contributed by atoms with Gasteiger partial charge in [0.2, 0.25) is 0 Å². The highest BCUT2D eigenvalue weighted by Gasteiger charge is 2.24. The largest absolute Gasteiger partial charge is 0.326 e. The minimum Gasteiger partial charge on any atom is -0.326 e. The topological polar surface area (TPSA) is 29.3 Å². The fourth-order valence-electron chi connectivity index (χ4n) is 2.66. The summed E-state index contributed by atoms with van der Waals surface area (Å²) < 4.78 is 27.3. The van der Waals surface area contributed by atoms with Crippen LogP contribution < -0.4 is 5.73 Å². The lowest BCUT2D eigenvalue weighted by Crippen LogP contribution is -2.37. The molecule has 0 aromatic heterocycles. The molecule has 0 heterocycles. The van der Waals surface area contributed by atoms with E-state index in [0.29, 0.717) is 12.1 Å². The first-order chi connectivity index (χ1) is 9.99. The van der Waals surface area contributed by atoms with Crippen molar-refractivity contribution in [2.24, 2.45) is 5.73 Å². The molecule has 2 atom stereocenters. The summed E-state index contributed by atoms with van der Waals surface area (Å²) >= 11 is 0. The van der Waals surface area contributed by atoms with E-state index in [1.54, 1.807) is 24.3 Å². The van der Waals surface area contributed by atoms with Gasteiger partial charge in [-0.25, -0.2) is 8.78 Å². The normalized spacial score (nSPS) is 14.2. The molecule has 2 unspecified atom stereocenters. The van der Waals surface area contributed by atoms with Gasteiger partial charge in [-0.1, -0.05) is 30.3 Å². The average Bonchev–Trinajstić information content (AvgIpc) is 2.41. The minimum absolute atomic E-state index is 0.250. The average molecular weight is 290 g/mol. The van der Waals surface area contributed by atoms with Crippen LogP contribution in [0.3, 0.4) is 0 Å². The second-order valence-electron chi connectivity index (χ2n) is 5.37. The fourth-order valence-corrected chi connectivity index (χ4v) is 2.66. The monoisotopic (exact) mass is 290 g/mol. The maximum absolute atomic E-state index is 14.0. The van der Waals surface area contributed by atoms with Gasteiger partial charge in [0.25, 0.3) is 0 Å². The minimum atomic E-state index is -0.274. The van der Waals surface area contributed by atoms with Crippen molar-refractivity contribution in [3.63, 3.8) is 0 Å². The van der Waals surface area contributed by atoms with E-state index in [1.165, 1.54) is 18.2 Å². The molecule has 0 radical (unpaired) electrons. The van der Waals surface area contributed by atoms with Crippen molar-refractivity contribution in [3.8, 4) is 0 Å². The first-order valence-corrected chi connectivity index (χ1v) is 6.93. The zero-order valence-electron chi connectivity index (χ0n) is 12.3. The second kappa shape index (κ2) is 6.78. The Kier molecular flexibility index (Phi) is 5.04. The third-order valence-electron chi connectivity index (χ3n) is 3.52. The van der Waals surface area contributed by atoms with Crippen LogP contribution in [-0.4, -0.2) is 18.0 Å². The summed E-state index contributed by atoms with van der Waals surface area (Å²) in [6.07, 6.45) is 0. The fraction of sp³-hybridized carbons (Fsp3) is 0.294. The van der Waals surface area contributed by atoms with Gasteiger partial charge < -0.3 is 5.73 Å². The molecule has 21 heavy (non-hydrogen) atoms. The van der Waals surface area contributed by atoms with Gasteiger partial charge in [-0.2, -0.15) is 0 Å². The maximum Gasteiger partial charge on any atom is 0.128 e. The highest BCUT2D eigenvalue weighted by molar-refractivity contribution is 5.23. The highest BCUT2D eigenvalue weighted by atomic mass is 19.1. The lowest BCUT2D eigenvalue weighted by Gasteiger charge is -2.31. The van der Waals surface area contributed by atoms with Gasteiger partial charge in [0.05, 0.1) is 6.04 Å². The molecule has 2 N–H and O–H groups in total. The molecule has 2 aromatic rings. The Bertz CT molecular complexity index is 599. The Labute approximate surface area is 124 Å². The van der Waals surface area contributed by atoms with E-state index < -0.39 is 0 Å². The third-order valence-corrected chi connectivity index (χ3v) is 3.52. The molecule has 0 aliphatic heterocycles. The summed E-state index contributed by atoms with van der Waals surface area (Å²) in [7, 11) is 1.87. The van der Waals surface area contributed by atoms with Gasteiger partial charge in [0, 0.05) is 18.2 Å². The van der Waals surface area contributed by atoms with Crippen molar-refractivity contribution >= 4 is 0 Å². The van der Waals surface area contributed by atoms with Gasteiger partial charge in [0.15, 0.2) is 0 Å². The molecule has 0 fully saturated rings. The van der Waals surface area contributed by atoms with E-state index in [1.807, 2.05) is 24.9 Å². The molecule has 0 saturated carbocycles. The lowest BCUT2D eigenvalue weighted by molar-refractivity contribution is 0.206. The van der Waals surface area contributed by atoms with Crippen LogP contribution in [-0.2, 0) is 6.54 Å². The van der Waals surface area contributed by atoms with E-state index in [9.17, 15) is 8.78 Å². The van der Waals surface area contributed by atoms with Gasteiger partial charge in [0.1, 0.15) is 11.6 Å². The highest BCUT2D eigenvalue weighted by Crippen LogP contribution is 2.26. The van der Waals surface area contributed by atoms with Crippen molar-refractivity contribution < 1.29 is 8.78 Å². The van der Waals surface area contributed by atoms with Gasteiger partial charge >= 0.3 is 0 Å². The molecule has 0 saturated heterocycles. The maximum atomic E-state index is 14.0. The van der Waals surface area contributed by atoms with Crippen LogP contribution in [0.5, 0.6) is 0 Å². The number of nitrogens with two attached hydrogens (primary N) is 1. The van der Waals surface area contributed by atoms with Crippen LogP contribution in [0.1, 0.15) is 24.1 Å². The number of nitrogens with zero attached hydrogens (tertiary/aromatic N) is 1. The number of hydrogen-bond donors (Lipinski definition) is 1. The van der Waals surface area contributed by atoms with E-state index in [0.717, 1.165) is 5.56 Å². The lowest BCUT2D eigenvalue weighted by atomic mass is 9.98. The third kappa shape index (κ3) is 3.86. The molecule has 4 heteroatoms. The molecule has 2 rings (SSSR count). The number of likely N-dealkylation sites (N-methyl/N-ethyl adjacent to an activating group) is 1. The zero-order valence-corrected chi connectivity index (χ0v) is 12.3. The Morgan fingerprint density at radius 3 is 2.43 bits per heavy atom.